The molecule has 2 heterocycles. The van der Waals surface area contributed by atoms with Crippen LogP contribution in [0.25, 0.3) is 22.6 Å². The second-order valence-electron chi connectivity index (χ2n) is 6.36. The molecule has 29 heavy (non-hydrogen) atoms. The maximum atomic E-state index is 12.4. The van der Waals surface area contributed by atoms with Crippen molar-refractivity contribution in [2.75, 3.05) is 0 Å². The van der Waals surface area contributed by atoms with Gasteiger partial charge in [0.05, 0.1) is 17.8 Å². The highest BCUT2D eigenvalue weighted by atomic mass is 35.5. The smallest absolute Gasteiger partial charge is 0.254 e. The van der Waals surface area contributed by atoms with Gasteiger partial charge in [0.1, 0.15) is 5.01 Å². The molecule has 0 bridgehead atoms. The van der Waals surface area contributed by atoms with Crippen molar-refractivity contribution in [2.45, 2.75) is 13.5 Å². The predicted molar refractivity (Wildman–Crippen MR) is 116 cm³/mol. The Kier molecular flexibility index (Phi) is 5.64. The lowest BCUT2D eigenvalue weighted by Crippen LogP contribution is -2.23. The van der Waals surface area contributed by atoms with Gasteiger partial charge in [0.2, 0.25) is 0 Å². The lowest BCUT2D eigenvalue weighted by Gasteiger charge is -2.04. The first-order chi connectivity index (χ1) is 14.1. The maximum Gasteiger partial charge on any atom is 0.254 e. The number of nitrogens with one attached hydrogen (secondary N) is 1. The molecule has 2 aromatic heterocycles. The highest BCUT2D eigenvalue weighted by Crippen LogP contribution is 2.28. The number of rotatable bonds is 5. The van der Waals surface area contributed by atoms with Gasteiger partial charge in [-0.25, -0.2) is 15.0 Å². The number of aryl methyl sites for hydroxylation is 1. The molecule has 7 heteroatoms. The van der Waals surface area contributed by atoms with E-state index in [1.54, 1.807) is 11.3 Å². The van der Waals surface area contributed by atoms with E-state index in [0.717, 1.165) is 26.7 Å². The molecular formula is C22H17ClN4OS. The van der Waals surface area contributed by atoms with E-state index in [1.165, 1.54) is 12.4 Å². The van der Waals surface area contributed by atoms with E-state index in [-0.39, 0.29) is 5.91 Å². The van der Waals surface area contributed by atoms with Crippen LogP contribution in [-0.4, -0.2) is 20.9 Å². The second kappa shape index (κ2) is 8.51. The van der Waals surface area contributed by atoms with Gasteiger partial charge in [-0.3, -0.25) is 4.79 Å². The lowest BCUT2D eigenvalue weighted by molar-refractivity contribution is 0.0950. The number of carbonyl (C=O) groups excluding carboxylic acids is 1. The second-order valence-corrected chi connectivity index (χ2v) is 8.09. The normalized spacial score (nSPS) is 10.7. The number of halogens is 1. The summed E-state index contributed by atoms with van der Waals surface area (Å²) in [6, 6.07) is 17.2. The molecule has 4 rings (SSSR count). The van der Waals surface area contributed by atoms with Crippen molar-refractivity contribution in [2.24, 2.45) is 0 Å². The first kappa shape index (κ1) is 19.2. The summed E-state index contributed by atoms with van der Waals surface area (Å²) < 4.78 is 0. The van der Waals surface area contributed by atoms with Gasteiger partial charge in [-0.2, -0.15) is 0 Å². The number of hydrogen-bond donors (Lipinski definition) is 1. The average Bonchev–Trinajstić information content (AvgIpc) is 3.14. The van der Waals surface area contributed by atoms with Crippen molar-refractivity contribution >= 4 is 28.8 Å². The fourth-order valence-electron chi connectivity index (χ4n) is 2.84. The molecule has 2 aromatic carbocycles. The van der Waals surface area contributed by atoms with Crippen molar-refractivity contribution in [3.8, 4) is 22.6 Å². The van der Waals surface area contributed by atoms with Crippen molar-refractivity contribution in [1.82, 2.24) is 20.3 Å². The summed E-state index contributed by atoms with van der Waals surface area (Å²) in [4.78, 5) is 26.8. The Morgan fingerprint density at radius 1 is 1.00 bits per heavy atom. The number of benzene rings is 2. The van der Waals surface area contributed by atoms with Crippen LogP contribution in [-0.2, 0) is 6.54 Å². The van der Waals surface area contributed by atoms with Gasteiger partial charge in [0, 0.05) is 33.4 Å². The molecule has 1 N–H and O–H groups in total. The molecule has 0 aliphatic heterocycles. The number of hydrogen-bond acceptors (Lipinski definition) is 5. The number of aromatic nitrogens is 3. The molecule has 0 aliphatic rings. The van der Waals surface area contributed by atoms with Gasteiger partial charge < -0.3 is 5.32 Å². The van der Waals surface area contributed by atoms with E-state index in [0.29, 0.717) is 23.0 Å². The Morgan fingerprint density at radius 3 is 2.38 bits per heavy atom. The zero-order chi connectivity index (χ0) is 20.2. The summed E-state index contributed by atoms with van der Waals surface area (Å²) in [5.41, 5.74) is 3.24. The Labute approximate surface area is 177 Å². The van der Waals surface area contributed by atoms with Gasteiger partial charge in [-0.15, -0.1) is 11.3 Å². The minimum atomic E-state index is -0.231. The van der Waals surface area contributed by atoms with Crippen LogP contribution in [0.15, 0.2) is 67.0 Å². The first-order valence-electron chi connectivity index (χ1n) is 8.98. The maximum absolute atomic E-state index is 12.4. The van der Waals surface area contributed by atoms with Crippen LogP contribution in [0.4, 0.5) is 0 Å². The third-order valence-corrected chi connectivity index (χ3v) is 5.53. The van der Waals surface area contributed by atoms with Crippen LogP contribution in [0.2, 0.25) is 5.02 Å². The minimum absolute atomic E-state index is 0.231. The Hall–Kier alpha value is -3.09. The molecule has 0 atom stereocenters. The summed E-state index contributed by atoms with van der Waals surface area (Å²) in [6.07, 6.45) is 3.08. The van der Waals surface area contributed by atoms with E-state index in [1.807, 2.05) is 61.5 Å². The molecule has 0 saturated carbocycles. The van der Waals surface area contributed by atoms with Gasteiger partial charge in [0.25, 0.3) is 5.91 Å². The van der Waals surface area contributed by atoms with Crippen LogP contribution in [0, 0.1) is 6.92 Å². The molecule has 0 fully saturated rings. The molecule has 0 aliphatic carbocycles. The van der Waals surface area contributed by atoms with Gasteiger partial charge in [-0.05, 0) is 19.1 Å². The van der Waals surface area contributed by atoms with Crippen molar-refractivity contribution in [1.29, 1.82) is 0 Å². The highest BCUT2D eigenvalue weighted by molar-refractivity contribution is 7.12. The van der Waals surface area contributed by atoms with E-state index in [4.69, 9.17) is 11.6 Å². The largest absolute Gasteiger partial charge is 0.345 e. The van der Waals surface area contributed by atoms with Crippen LogP contribution in [0.3, 0.4) is 0 Å². The van der Waals surface area contributed by atoms with Gasteiger partial charge in [0.15, 0.2) is 5.82 Å². The monoisotopic (exact) mass is 420 g/mol. The van der Waals surface area contributed by atoms with Crippen molar-refractivity contribution < 1.29 is 4.79 Å². The minimum Gasteiger partial charge on any atom is -0.345 e. The molecule has 144 valence electrons. The Morgan fingerprint density at radius 2 is 1.69 bits per heavy atom. The summed E-state index contributed by atoms with van der Waals surface area (Å²) in [6.45, 7) is 2.36. The standard InChI is InChI=1S/C22H17ClN4OS/c1-14-20(15-7-9-18(23)10-8-15)27-19(29-14)13-26-22(28)17-11-24-21(25-12-17)16-5-3-2-4-6-16/h2-12H,13H2,1H3,(H,26,28). The molecule has 1 amide bonds. The van der Waals surface area contributed by atoms with Gasteiger partial charge >= 0.3 is 0 Å². The first-order valence-corrected chi connectivity index (χ1v) is 10.2. The molecule has 0 saturated heterocycles. The number of nitrogens with zero attached hydrogens (tertiary/aromatic N) is 3. The van der Waals surface area contributed by atoms with Crippen LogP contribution in [0.1, 0.15) is 20.2 Å². The molecule has 5 nitrogen and oxygen atoms in total. The fourth-order valence-corrected chi connectivity index (χ4v) is 3.86. The zero-order valence-electron chi connectivity index (χ0n) is 15.6. The van der Waals surface area contributed by atoms with Crippen LogP contribution >= 0.6 is 22.9 Å². The summed E-state index contributed by atoms with van der Waals surface area (Å²) in [5.74, 6) is 0.357. The topological polar surface area (TPSA) is 67.8 Å². The Balaban J connectivity index is 1.42. The number of carbonyl (C=O) groups is 1. The molecule has 0 unspecified atom stereocenters. The van der Waals surface area contributed by atoms with E-state index < -0.39 is 0 Å². The molecular weight excluding hydrogens is 404 g/mol. The summed E-state index contributed by atoms with van der Waals surface area (Å²) in [5, 5.41) is 4.41. The summed E-state index contributed by atoms with van der Waals surface area (Å²) >= 11 is 7.52. The van der Waals surface area contributed by atoms with Crippen LogP contribution in [0.5, 0.6) is 0 Å². The molecule has 4 aromatic rings. The number of thiazole rings is 1. The Bertz CT molecular complexity index is 1130. The highest BCUT2D eigenvalue weighted by Gasteiger charge is 2.12. The average molecular weight is 421 g/mol. The predicted octanol–water partition coefficient (Wildman–Crippen LogP) is 5.16. The van der Waals surface area contributed by atoms with E-state index in [2.05, 4.69) is 20.3 Å². The summed E-state index contributed by atoms with van der Waals surface area (Å²) in [7, 11) is 0. The van der Waals surface area contributed by atoms with Crippen molar-refractivity contribution in [3.63, 3.8) is 0 Å². The van der Waals surface area contributed by atoms with Crippen LogP contribution < -0.4 is 5.32 Å². The number of amides is 1. The fraction of sp³-hybridized carbons (Fsp3) is 0.0909. The molecule has 0 spiro atoms. The lowest BCUT2D eigenvalue weighted by atomic mass is 10.1. The molecule has 0 radical (unpaired) electrons. The van der Waals surface area contributed by atoms with E-state index >= 15 is 0 Å². The third kappa shape index (κ3) is 4.50. The third-order valence-electron chi connectivity index (χ3n) is 4.30. The SMILES string of the molecule is Cc1sc(CNC(=O)c2cnc(-c3ccccc3)nc2)nc1-c1ccc(Cl)cc1. The van der Waals surface area contributed by atoms with Crippen molar-refractivity contribution in [3.05, 3.63) is 87.5 Å². The quantitative estimate of drug-likeness (QED) is 0.484. The van der Waals surface area contributed by atoms with Gasteiger partial charge in [-0.1, -0.05) is 54.1 Å². The van der Waals surface area contributed by atoms with E-state index in [9.17, 15) is 4.79 Å². The zero-order valence-corrected chi connectivity index (χ0v) is 17.2.